The summed E-state index contributed by atoms with van der Waals surface area (Å²) in [5.74, 6) is -2.17. The smallest absolute Gasteiger partial charge is 0.416 e. The van der Waals surface area contributed by atoms with Gasteiger partial charge in [-0.25, -0.2) is 9.69 Å². The molecule has 1 aliphatic carbocycles. The van der Waals surface area contributed by atoms with Crippen LogP contribution >= 0.6 is 0 Å². The predicted octanol–water partition coefficient (Wildman–Crippen LogP) is 3.77. The third kappa shape index (κ3) is 4.78. The minimum Gasteiger partial charge on any atom is -0.480 e. The first-order valence-electron chi connectivity index (χ1n) is 10.6. The molecule has 0 bridgehead atoms. The molecule has 0 aromatic heterocycles. The van der Waals surface area contributed by atoms with Gasteiger partial charge in [0.1, 0.15) is 12.6 Å². The van der Waals surface area contributed by atoms with Gasteiger partial charge in [0.15, 0.2) is 0 Å². The molecular formula is C26H24N2O5. The Morgan fingerprint density at radius 2 is 1.42 bits per heavy atom. The van der Waals surface area contributed by atoms with E-state index in [0.717, 1.165) is 27.2 Å². The largest absolute Gasteiger partial charge is 0.480 e. The van der Waals surface area contributed by atoms with Gasteiger partial charge in [-0.2, -0.15) is 0 Å². The quantitative estimate of drug-likeness (QED) is 0.574. The van der Waals surface area contributed by atoms with Crippen molar-refractivity contribution in [2.75, 3.05) is 6.61 Å². The summed E-state index contributed by atoms with van der Waals surface area (Å²) in [5, 5.41) is 9.06. The van der Waals surface area contributed by atoms with Crippen molar-refractivity contribution in [1.29, 1.82) is 0 Å². The zero-order chi connectivity index (χ0) is 23.4. The van der Waals surface area contributed by atoms with E-state index in [1.807, 2.05) is 54.6 Å². The molecule has 168 valence electrons. The molecule has 0 unspecified atom stereocenters. The van der Waals surface area contributed by atoms with Gasteiger partial charge in [0, 0.05) is 5.92 Å². The molecule has 4 rings (SSSR count). The Hall–Kier alpha value is -3.97. The number of aliphatic carboxylic acids is 1. The number of carboxylic acid groups (broad SMARTS) is 1. The number of amides is 2. The molecule has 0 saturated heterocycles. The van der Waals surface area contributed by atoms with Crippen molar-refractivity contribution in [1.82, 2.24) is 4.90 Å². The third-order valence-electron chi connectivity index (χ3n) is 5.75. The van der Waals surface area contributed by atoms with Crippen molar-refractivity contribution >= 4 is 18.0 Å². The number of rotatable bonds is 7. The molecule has 3 N–H and O–H groups in total. The van der Waals surface area contributed by atoms with Crippen LogP contribution in [-0.4, -0.2) is 40.6 Å². The standard InChI is InChI=1S/C26H24N2O5/c27-23(25(30)31)14-24(29)28(15-17-8-2-1-3-9-17)26(32)33-16-22-20-12-6-4-10-18(20)19-11-5-7-13-21(19)22/h1-13,22-23H,14-16,27H2,(H,30,31)/t23-/m0/s1. The first-order valence-corrected chi connectivity index (χ1v) is 10.6. The molecule has 0 saturated carbocycles. The maximum Gasteiger partial charge on any atom is 0.416 e. The third-order valence-corrected chi connectivity index (χ3v) is 5.75. The van der Waals surface area contributed by atoms with Crippen LogP contribution in [0.15, 0.2) is 78.9 Å². The van der Waals surface area contributed by atoms with Crippen LogP contribution in [0.1, 0.15) is 29.0 Å². The Kier molecular flexibility index (Phi) is 6.51. The van der Waals surface area contributed by atoms with E-state index in [9.17, 15) is 14.4 Å². The average molecular weight is 444 g/mol. The van der Waals surface area contributed by atoms with Gasteiger partial charge < -0.3 is 15.6 Å². The summed E-state index contributed by atoms with van der Waals surface area (Å²) in [7, 11) is 0. The van der Waals surface area contributed by atoms with Crippen LogP contribution in [0.2, 0.25) is 0 Å². The van der Waals surface area contributed by atoms with E-state index in [4.69, 9.17) is 15.6 Å². The lowest BCUT2D eigenvalue weighted by atomic mass is 9.98. The number of hydrogen-bond acceptors (Lipinski definition) is 5. The van der Waals surface area contributed by atoms with E-state index in [0.29, 0.717) is 5.56 Å². The first kappa shape index (κ1) is 22.2. The van der Waals surface area contributed by atoms with E-state index >= 15 is 0 Å². The van der Waals surface area contributed by atoms with Crippen molar-refractivity contribution in [3.05, 3.63) is 95.6 Å². The normalized spacial score (nSPS) is 13.0. The van der Waals surface area contributed by atoms with E-state index in [2.05, 4.69) is 0 Å². The number of imide groups is 1. The summed E-state index contributed by atoms with van der Waals surface area (Å²) in [6.07, 6.45) is -1.34. The molecule has 2 amide bonds. The molecule has 0 fully saturated rings. The van der Waals surface area contributed by atoms with Crippen molar-refractivity contribution in [3.63, 3.8) is 0 Å². The number of nitrogens with zero attached hydrogens (tertiary/aromatic N) is 1. The number of benzene rings is 3. The molecule has 0 aliphatic heterocycles. The lowest BCUT2D eigenvalue weighted by molar-refractivity contribution is -0.142. The predicted molar refractivity (Wildman–Crippen MR) is 122 cm³/mol. The summed E-state index contributed by atoms with van der Waals surface area (Å²) >= 11 is 0. The molecule has 7 nitrogen and oxygen atoms in total. The Morgan fingerprint density at radius 3 is 2.00 bits per heavy atom. The van der Waals surface area contributed by atoms with Gasteiger partial charge in [0.05, 0.1) is 13.0 Å². The van der Waals surface area contributed by atoms with Crippen molar-refractivity contribution in [2.45, 2.75) is 24.9 Å². The number of carbonyl (C=O) groups excluding carboxylic acids is 2. The summed E-state index contributed by atoms with van der Waals surface area (Å²) in [6, 6.07) is 23.4. The van der Waals surface area contributed by atoms with Crippen molar-refractivity contribution in [3.8, 4) is 11.1 Å². The number of ether oxygens (including phenoxy) is 1. The number of carboxylic acids is 1. The Morgan fingerprint density at radius 1 is 0.879 bits per heavy atom. The SMILES string of the molecule is N[C@@H](CC(=O)N(Cc1ccccc1)C(=O)OCC1c2ccccc2-c2ccccc21)C(=O)O. The zero-order valence-corrected chi connectivity index (χ0v) is 17.9. The highest BCUT2D eigenvalue weighted by molar-refractivity contribution is 5.94. The van der Waals surface area contributed by atoms with Gasteiger partial charge in [-0.15, -0.1) is 0 Å². The van der Waals surface area contributed by atoms with Crippen LogP contribution < -0.4 is 5.73 Å². The number of hydrogen-bond donors (Lipinski definition) is 2. The van der Waals surface area contributed by atoms with Crippen molar-refractivity contribution in [2.24, 2.45) is 5.73 Å². The highest BCUT2D eigenvalue weighted by Gasteiger charge is 2.31. The fraction of sp³-hybridized carbons (Fsp3) is 0.192. The van der Waals surface area contributed by atoms with Crippen LogP contribution in [0.5, 0.6) is 0 Å². The minimum absolute atomic E-state index is 0.0390. The van der Waals surface area contributed by atoms with Crippen LogP contribution in [0.25, 0.3) is 11.1 Å². The topological polar surface area (TPSA) is 110 Å². The molecule has 0 radical (unpaired) electrons. The molecule has 1 atom stereocenters. The van der Waals surface area contributed by atoms with E-state index in [-0.39, 0.29) is 19.1 Å². The van der Waals surface area contributed by atoms with E-state index in [1.165, 1.54) is 0 Å². The van der Waals surface area contributed by atoms with Crippen LogP contribution in [-0.2, 0) is 20.9 Å². The number of nitrogens with two attached hydrogens (primary N) is 1. The summed E-state index contributed by atoms with van der Waals surface area (Å²) < 4.78 is 5.62. The lowest BCUT2D eigenvalue weighted by Crippen LogP contribution is -2.42. The van der Waals surface area contributed by atoms with Crippen LogP contribution in [0, 0.1) is 0 Å². The molecule has 7 heteroatoms. The van der Waals surface area contributed by atoms with Crippen molar-refractivity contribution < 1.29 is 24.2 Å². The maximum atomic E-state index is 13.0. The number of fused-ring (bicyclic) bond motifs is 3. The second-order valence-corrected chi connectivity index (χ2v) is 7.92. The molecule has 3 aromatic rings. The van der Waals surface area contributed by atoms with Gasteiger partial charge in [0.2, 0.25) is 5.91 Å². The van der Waals surface area contributed by atoms with E-state index in [1.54, 1.807) is 24.3 Å². The second-order valence-electron chi connectivity index (χ2n) is 7.92. The monoisotopic (exact) mass is 444 g/mol. The Balaban J connectivity index is 1.53. The molecule has 1 aliphatic rings. The van der Waals surface area contributed by atoms with Gasteiger partial charge in [-0.3, -0.25) is 9.59 Å². The van der Waals surface area contributed by atoms with Crippen LogP contribution in [0.4, 0.5) is 4.79 Å². The van der Waals surface area contributed by atoms with Gasteiger partial charge >= 0.3 is 12.1 Å². The molecular weight excluding hydrogens is 420 g/mol. The van der Waals surface area contributed by atoms with Gasteiger partial charge in [-0.05, 0) is 27.8 Å². The molecule has 33 heavy (non-hydrogen) atoms. The van der Waals surface area contributed by atoms with Crippen LogP contribution in [0.3, 0.4) is 0 Å². The van der Waals surface area contributed by atoms with Gasteiger partial charge in [0.25, 0.3) is 0 Å². The number of carbonyl (C=O) groups is 3. The summed E-state index contributed by atoms with van der Waals surface area (Å²) in [4.78, 5) is 37.8. The fourth-order valence-corrected chi connectivity index (χ4v) is 4.08. The molecule has 3 aromatic carbocycles. The minimum atomic E-state index is -1.41. The Bertz CT molecular complexity index is 1130. The highest BCUT2D eigenvalue weighted by atomic mass is 16.6. The highest BCUT2D eigenvalue weighted by Crippen LogP contribution is 2.44. The van der Waals surface area contributed by atoms with E-state index < -0.39 is 30.4 Å². The molecule has 0 spiro atoms. The lowest BCUT2D eigenvalue weighted by Gasteiger charge is -2.23. The average Bonchev–Trinajstić information content (AvgIpc) is 3.15. The molecule has 0 heterocycles. The fourth-order valence-electron chi connectivity index (χ4n) is 4.08. The Labute approximate surface area is 191 Å². The zero-order valence-electron chi connectivity index (χ0n) is 17.9. The summed E-state index contributed by atoms with van der Waals surface area (Å²) in [5.41, 5.74) is 10.5. The summed E-state index contributed by atoms with van der Waals surface area (Å²) in [6.45, 7) is 0.0130. The van der Waals surface area contributed by atoms with Gasteiger partial charge in [-0.1, -0.05) is 78.9 Å². The maximum absolute atomic E-state index is 13.0. The first-order chi connectivity index (χ1) is 16.0. The second kappa shape index (κ2) is 9.67.